The van der Waals surface area contributed by atoms with Crippen LogP contribution in [0.25, 0.3) is 0 Å². The van der Waals surface area contributed by atoms with Gasteiger partial charge in [-0.3, -0.25) is 4.79 Å². The first-order valence-electron chi connectivity index (χ1n) is 5.19. The maximum Gasteiger partial charge on any atom is 0.243 e. The molecule has 0 saturated carbocycles. The monoisotopic (exact) mass is 253 g/mol. The lowest BCUT2D eigenvalue weighted by molar-refractivity contribution is -0.116. The second-order valence-corrected chi connectivity index (χ2v) is 3.93. The minimum Gasteiger partial charge on any atom is -0.486 e. The predicted octanol–water partition coefficient (Wildman–Crippen LogP) is 1.91. The molecule has 0 aliphatic carbocycles. The van der Waals surface area contributed by atoms with E-state index in [1.807, 2.05) is 6.07 Å². The van der Waals surface area contributed by atoms with Gasteiger partial charge in [-0.1, -0.05) is 18.2 Å². The lowest BCUT2D eigenvalue weighted by Crippen LogP contribution is -2.20. The van der Waals surface area contributed by atoms with Crippen molar-refractivity contribution in [2.75, 3.05) is 13.2 Å². The van der Waals surface area contributed by atoms with Crippen LogP contribution in [0.1, 0.15) is 5.56 Å². The molecule has 5 heteroatoms. The Morgan fingerprint density at radius 2 is 2.24 bits per heavy atom. The Bertz CT molecular complexity index is 459. The molecule has 2 rings (SSSR count). The van der Waals surface area contributed by atoms with E-state index in [1.165, 1.54) is 6.08 Å². The predicted molar refractivity (Wildman–Crippen MR) is 64.5 cm³/mol. The third-order valence-corrected chi connectivity index (χ3v) is 2.59. The van der Waals surface area contributed by atoms with Crippen molar-refractivity contribution in [1.82, 2.24) is 5.32 Å². The Kier molecular flexibility index (Phi) is 3.54. The van der Waals surface area contributed by atoms with Gasteiger partial charge in [-0.25, -0.2) is 0 Å². The molecular weight excluding hydrogens is 242 g/mol. The maximum atomic E-state index is 11.0. The molecule has 0 fully saturated rings. The van der Waals surface area contributed by atoms with Crippen molar-refractivity contribution in [1.29, 1.82) is 0 Å². The lowest BCUT2D eigenvalue weighted by atomic mass is 10.2. The van der Waals surface area contributed by atoms with Crippen LogP contribution in [0.15, 0.2) is 24.8 Å². The number of amides is 1. The van der Waals surface area contributed by atoms with Crippen molar-refractivity contribution < 1.29 is 14.3 Å². The van der Waals surface area contributed by atoms with Gasteiger partial charge in [0.2, 0.25) is 5.91 Å². The Morgan fingerprint density at radius 3 is 3.00 bits per heavy atom. The van der Waals surface area contributed by atoms with E-state index in [0.29, 0.717) is 36.3 Å². The largest absolute Gasteiger partial charge is 0.486 e. The highest BCUT2D eigenvalue weighted by Gasteiger charge is 2.16. The summed E-state index contributed by atoms with van der Waals surface area (Å²) in [5, 5.41) is 3.16. The van der Waals surface area contributed by atoms with E-state index in [9.17, 15) is 4.79 Å². The van der Waals surface area contributed by atoms with Crippen molar-refractivity contribution in [2.45, 2.75) is 6.54 Å². The first-order chi connectivity index (χ1) is 8.20. The fourth-order valence-electron chi connectivity index (χ4n) is 1.53. The van der Waals surface area contributed by atoms with Gasteiger partial charge in [0.1, 0.15) is 13.2 Å². The molecule has 0 saturated heterocycles. The molecule has 1 aliphatic rings. The van der Waals surface area contributed by atoms with Gasteiger partial charge in [0.05, 0.1) is 5.02 Å². The van der Waals surface area contributed by atoms with Crippen molar-refractivity contribution in [3.05, 3.63) is 35.4 Å². The first-order valence-corrected chi connectivity index (χ1v) is 5.57. The minimum atomic E-state index is -0.226. The highest BCUT2D eigenvalue weighted by atomic mass is 35.5. The molecule has 4 nitrogen and oxygen atoms in total. The van der Waals surface area contributed by atoms with Crippen molar-refractivity contribution in [3.8, 4) is 11.5 Å². The first kappa shape index (κ1) is 11.8. The van der Waals surface area contributed by atoms with Crippen LogP contribution >= 0.6 is 11.6 Å². The number of benzene rings is 1. The van der Waals surface area contributed by atoms with Crippen molar-refractivity contribution >= 4 is 17.5 Å². The summed E-state index contributed by atoms with van der Waals surface area (Å²) in [7, 11) is 0. The van der Waals surface area contributed by atoms with E-state index >= 15 is 0 Å². The fraction of sp³-hybridized carbons (Fsp3) is 0.250. The topological polar surface area (TPSA) is 47.6 Å². The molecule has 90 valence electrons. The highest BCUT2D eigenvalue weighted by Crippen LogP contribution is 2.38. The molecule has 1 aromatic carbocycles. The van der Waals surface area contributed by atoms with Crippen LogP contribution < -0.4 is 14.8 Å². The number of carbonyl (C=O) groups excluding carboxylic acids is 1. The van der Waals surface area contributed by atoms with Gasteiger partial charge in [0.25, 0.3) is 0 Å². The molecule has 17 heavy (non-hydrogen) atoms. The van der Waals surface area contributed by atoms with E-state index in [0.717, 1.165) is 5.56 Å². The Morgan fingerprint density at radius 1 is 1.47 bits per heavy atom. The molecule has 1 aliphatic heterocycles. The number of nitrogens with one attached hydrogen (secondary N) is 1. The maximum absolute atomic E-state index is 11.0. The molecule has 0 spiro atoms. The molecule has 1 amide bonds. The van der Waals surface area contributed by atoms with Gasteiger partial charge in [-0.15, -0.1) is 0 Å². The lowest BCUT2D eigenvalue weighted by Gasteiger charge is -2.20. The summed E-state index contributed by atoms with van der Waals surface area (Å²) in [5.74, 6) is 0.958. The van der Waals surface area contributed by atoms with E-state index in [1.54, 1.807) is 6.07 Å². The van der Waals surface area contributed by atoms with Gasteiger partial charge in [0, 0.05) is 6.54 Å². The summed E-state index contributed by atoms with van der Waals surface area (Å²) in [6.45, 7) is 4.76. The summed E-state index contributed by atoms with van der Waals surface area (Å²) in [6, 6.07) is 3.56. The summed E-state index contributed by atoms with van der Waals surface area (Å²) in [5.41, 5.74) is 0.856. The second-order valence-electron chi connectivity index (χ2n) is 3.52. The average Bonchev–Trinajstić information content (AvgIpc) is 2.36. The Labute approximate surface area is 104 Å². The molecule has 1 aromatic rings. The van der Waals surface area contributed by atoms with E-state index in [2.05, 4.69) is 11.9 Å². The van der Waals surface area contributed by atoms with Crippen molar-refractivity contribution in [2.24, 2.45) is 0 Å². The van der Waals surface area contributed by atoms with Crippen LogP contribution in [0, 0.1) is 0 Å². The van der Waals surface area contributed by atoms with E-state index in [-0.39, 0.29) is 5.91 Å². The SMILES string of the molecule is C=CC(=O)NCc1cc(Cl)c2c(c1)OCCO2. The van der Waals surface area contributed by atoms with Crippen LogP contribution in [0.5, 0.6) is 11.5 Å². The van der Waals surface area contributed by atoms with E-state index in [4.69, 9.17) is 21.1 Å². The van der Waals surface area contributed by atoms with Crippen LogP contribution in [0.4, 0.5) is 0 Å². The third-order valence-electron chi connectivity index (χ3n) is 2.31. The Hall–Kier alpha value is -1.68. The van der Waals surface area contributed by atoms with Gasteiger partial charge >= 0.3 is 0 Å². The number of rotatable bonds is 3. The standard InChI is InChI=1S/C12H12ClNO3/c1-2-11(15)14-7-8-5-9(13)12-10(6-8)16-3-4-17-12/h2,5-6H,1,3-4,7H2,(H,14,15). The molecule has 0 unspecified atom stereocenters. The normalized spacial score (nSPS) is 13.0. The summed E-state index contributed by atoms with van der Waals surface area (Å²) >= 11 is 6.06. The molecule has 1 N–H and O–H groups in total. The zero-order chi connectivity index (χ0) is 12.3. The molecule has 0 aromatic heterocycles. The van der Waals surface area contributed by atoms with E-state index < -0.39 is 0 Å². The van der Waals surface area contributed by atoms with Gasteiger partial charge < -0.3 is 14.8 Å². The number of hydrogen-bond acceptors (Lipinski definition) is 3. The van der Waals surface area contributed by atoms with Crippen LogP contribution in [0.2, 0.25) is 5.02 Å². The number of ether oxygens (including phenoxy) is 2. The molecule has 0 bridgehead atoms. The van der Waals surface area contributed by atoms with Gasteiger partial charge in [-0.05, 0) is 23.8 Å². The molecule has 0 radical (unpaired) electrons. The average molecular weight is 254 g/mol. The summed E-state index contributed by atoms with van der Waals surface area (Å²) < 4.78 is 10.8. The third kappa shape index (κ3) is 2.71. The number of carbonyl (C=O) groups is 1. The molecule has 0 atom stereocenters. The Balaban J connectivity index is 2.16. The van der Waals surface area contributed by atoms with Gasteiger partial charge in [-0.2, -0.15) is 0 Å². The molecular formula is C12H12ClNO3. The van der Waals surface area contributed by atoms with Crippen LogP contribution in [0.3, 0.4) is 0 Å². The number of hydrogen-bond donors (Lipinski definition) is 1. The highest BCUT2D eigenvalue weighted by molar-refractivity contribution is 6.32. The number of fused-ring (bicyclic) bond motifs is 1. The zero-order valence-corrected chi connectivity index (χ0v) is 9.92. The van der Waals surface area contributed by atoms with Crippen LogP contribution in [-0.4, -0.2) is 19.1 Å². The van der Waals surface area contributed by atoms with Gasteiger partial charge in [0.15, 0.2) is 11.5 Å². The second kappa shape index (κ2) is 5.10. The van der Waals surface area contributed by atoms with Crippen LogP contribution in [-0.2, 0) is 11.3 Å². The summed E-state index contributed by atoms with van der Waals surface area (Å²) in [4.78, 5) is 11.0. The number of halogens is 1. The zero-order valence-electron chi connectivity index (χ0n) is 9.16. The smallest absolute Gasteiger partial charge is 0.243 e. The molecule has 1 heterocycles. The fourth-order valence-corrected chi connectivity index (χ4v) is 1.82. The summed E-state index contributed by atoms with van der Waals surface area (Å²) in [6.07, 6.45) is 1.22. The van der Waals surface area contributed by atoms with Crippen molar-refractivity contribution in [3.63, 3.8) is 0 Å². The quantitative estimate of drug-likeness (QED) is 0.837. The minimum absolute atomic E-state index is 0.226.